The quantitative estimate of drug-likeness (QED) is 0.719. The molecule has 1 heterocycles. The van der Waals surface area contributed by atoms with E-state index in [0.717, 1.165) is 0 Å². The summed E-state index contributed by atoms with van der Waals surface area (Å²) >= 11 is 0. The van der Waals surface area contributed by atoms with Gasteiger partial charge in [-0.25, -0.2) is 0 Å². The van der Waals surface area contributed by atoms with Crippen LogP contribution in [0.2, 0.25) is 0 Å². The number of aromatic amines is 1. The van der Waals surface area contributed by atoms with Crippen molar-refractivity contribution in [2.75, 3.05) is 0 Å². The molecule has 2 rings (SSSR count). The molecule has 1 N–H and O–H groups in total. The molecule has 0 amide bonds. The Morgan fingerprint density at radius 1 is 1.69 bits per heavy atom. The number of hydrogen-bond acceptors (Lipinski definition) is 1. The van der Waals surface area contributed by atoms with Gasteiger partial charge in [-0.1, -0.05) is 6.92 Å². The average molecular weight is 189 g/mol. The summed E-state index contributed by atoms with van der Waals surface area (Å²) in [5, 5.41) is 6.14. The van der Waals surface area contributed by atoms with Gasteiger partial charge in [0.2, 0.25) is 0 Å². The molecule has 0 aliphatic heterocycles. The Bertz CT molecular complexity index is 304. The van der Waals surface area contributed by atoms with Crippen molar-refractivity contribution < 1.29 is 13.2 Å². The Labute approximate surface area is 73.1 Å². The van der Waals surface area contributed by atoms with E-state index in [4.69, 9.17) is 0 Å². The lowest BCUT2D eigenvalue weighted by Gasteiger charge is -2.10. The molecule has 1 fully saturated rings. The summed E-state index contributed by atoms with van der Waals surface area (Å²) in [7, 11) is 0. The molecule has 2 atom stereocenters. The summed E-state index contributed by atoms with van der Waals surface area (Å²) in [6.45, 7) is 1.58. The van der Waals surface area contributed by atoms with Crippen molar-refractivity contribution in [3.8, 4) is 0 Å². The molecule has 1 saturated carbocycles. The Kier molecular flexibility index (Phi) is 1.50. The smallest absolute Gasteiger partial charge is 0.276 e. The second-order valence-electron chi connectivity index (χ2n) is 3.61. The summed E-state index contributed by atoms with van der Waals surface area (Å²) in [6, 6.07) is 1.48. The molecular formula is C8H8F3N2. The summed E-state index contributed by atoms with van der Waals surface area (Å²) < 4.78 is 36.8. The topological polar surface area (TPSA) is 28.7 Å². The number of halogens is 3. The van der Waals surface area contributed by atoms with Crippen molar-refractivity contribution in [3.63, 3.8) is 0 Å². The van der Waals surface area contributed by atoms with E-state index in [-0.39, 0.29) is 6.42 Å². The normalized spacial score (nSPS) is 33.4. The zero-order valence-corrected chi connectivity index (χ0v) is 6.94. The highest BCUT2D eigenvalue weighted by Crippen LogP contribution is 2.60. The largest absolute Gasteiger partial charge is 0.392 e. The van der Waals surface area contributed by atoms with Gasteiger partial charge in [0.25, 0.3) is 0 Å². The molecule has 1 aromatic heterocycles. The van der Waals surface area contributed by atoms with Gasteiger partial charge in [0, 0.05) is 5.41 Å². The van der Waals surface area contributed by atoms with Crippen molar-refractivity contribution in [3.05, 3.63) is 18.0 Å². The van der Waals surface area contributed by atoms with E-state index in [1.165, 1.54) is 6.07 Å². The van der Waals surface area contributed by atoms with Gasteiger partial charge < -0.3 is 0 Å². The van der Waals surface area contributed by atoms with Crippen molar-refractivity contribution >= 4 is 0 Å². The van der Waals surface area contributed by atoms with Crippen LogP contribution in [0.3, 0.4) is 0 Å². The van der Waals surface area contributed by atoms with Crippen LogP contribution in [-0.4, -0.2) is 16.4 Å². The van der Waals surface area contributed by atoms with E-state index in [2.05, 4.69) is 16.4 Å². The summed E-state index contributed by atoms with van der Waals surface area (Å²) in [5.74, 6) is -1.24. The van der Waals surface area contributed by atoms with Gasteiger partial charge in [0.1, 0.15) is 0 Å². The Morgan fingerprint density at radius 3 is 2.77 bits per heavy atom. The molecule has 0 saturated heterocycles. The molecular weight excluding hydrogens is 181 g/mol. The first-order valence-electron chi connectivity index (χ1n) is 3.93. The van der Waals surface area contributed by atoms with Gasteiger partial charge >= 0.3 is 6.18 Å². The van der Waals surface area contributed by atoms with Gasteiger partial charge in [0.15, 0.2) is 0 Å². The molecule has 2 nitrogen and oxygen atoms in total. The molecule has 0 spiro atoms. The molecule has 13 heavy (non-hydrogen) atoms. The first kappa shape index (κ1) is 8.59. The van der Waals surface area contributed by atoms with Crippen LogP contribution in [0.4, 0.5) is 13.2 Å². The molecule has 0 aromatic carbocycles. The van der Waals surface area contributed by atoms with Crippen LogP contribution < -0.4 is 0 Å². The molecule has 2 unspecified atom stereocenters. The standard InChI is InChI=1S/C8H8F3N2/c1-7(6-2-3-12-13-6)4-5(7)8(9,10)11/h2,5H,4H2,1H3,(H,12,13). The van der Waals surface area contributed by atoms with Crippen molar-refractivity contribution in [1.29, 1.82) is 0 Å². The van der Waals surface area contributed by atoms with Crippen molar-refractivity contribution in [2.45, 2.75) is 24.9 Å². The van der Waals surface area contributed by atoms with E-state index >= 15 is 0 Å². The van der Waals surface area contributed by atoms with Crippen LogP contribution in [0, 0.1) is 12.1 Å². The fourth-order valence-corrected chi connectivity index (χ4v) is 1.64. The van der Waals surface area contributed by atoms with Gasteiger partial charge in [0.05, 0.1) is 17.8 Å². The van der Waals surface area contributed by atoms with Crippen LogP contribution in [-0.2, 0) is 5.41 Å². The minimum atomic E-state index is -4.10. The lowest BCUT2D eigenvalue weighted by molar-refractivity contribution is -0.152. The fourth-order valence-electron chi connectivity index (χ4n) is 1.64. The number of alkyl halides is 3. The highest BCUT2D eigenvalue weighted by Gasteiger charge is 2.65. The third-order valence-corrected chi connectivity index (χ3v) is 2.67. The third-order valence-electron chi connectivity index (χ3n) is 2.67. The molecule has 1 radical (unpaired) electrons. The van der Waals surface area contributed by atoms with E-state index in [9.17, 15) is 13.2 Å². The van der Waals surface area contributed by atoms with E-state index in [1.807, 2.05) is 0 Å². The van der Waals surface area contributed by atoms with E-state index in [1.54, 1.807) is 6.92 Å². The number of nitrogens with one attached hydrogen (secondary N) is 1. The predicted molar refractivity (Wildman–Crippen MR) is 38.9 cm³/mol. The van der Waals surface area contributed by atoms with Gasteiger partial charge in [-0.05, 0) is 12.5 Å². The van der Waals surface area contributed by atoms with Crippen molar-refractivity contribution in [2.24, 2.45) is 5.92 Å². The fraction of sp³-hybridized carbons (Fsp3) is 0.625. The van der Waals surface area contributed by atoms with Crippen LogP contribution in [0.15, 0.2) is 6.07 Å². The first-order valence-corrected chi connectivity index (χ1v) is 3.93. The number of hydrogen-bond donors (Lipinski definition) is 1. The number of aromatic nitrogens is 2. The molecule has 1 aliphatic rings. The SMILES string of the molecule is CC1(c2c[c][nH]n2)CC1C(F)(F)F. The van der Waals surface area contributed by atoms with Gasteiger partial charge in [-0.3, -0.25) is 5.10 Å². The lowest BCUT2D eigenvalue weighted by Crippen LogP contribution is -2.18. The zero-order chi connectivity index (χ0) is 9.69. The van der Waals surface area contributed by atoms with Gasteiger partial charge in [-0.15, -0.1) is 0 Å². The zero-order valence-electron chi connectivity index (χ0n) is 6.94. The van der Waals surface area contributed by atoms with Gasteiger partial charge in [-0.2, -0.15) is 18.3 Å². The minimum absolute atomic E-state index is 0.134. The molecule has 0 bridgehead atoms. The van der Waals surface area contributed by atoms with E-state index in [0.29, 0.717) is 5.69 Å². The van der Waals surface area contributed by atoms with Crippen LogP contribution in [0.25, 0.3) is 0 Å². The summed E-state index contributed by atoms with van der Waals surface area (Å²) in [4.78, 5) is 0. The molecule has 5 heteroatoms. The maximum atomic E-state index is 12.3. The molecule has 1 aliphatic carbocycles. The lowest BCUT2D eigenvalue weighted by atomic mass is 10.0. The third kappa shape index (κ3) is 1.22. The number of H-pyrrole nitrogens is 1. The molecule has 71 valence electrons. The number of nitrogens with zero attached hydrogens (tertiary/aromatic N) is 1. The Morgan fingerprint density at radius 2 is 2.38 bits per heavy atom. The molecule has 1 aromatic rings. The van der Waals surface area contributed by atoms with Crippen molar-refractivity contribution in [1.82, 2.24) is 10.2 Å². The Hall–Kier alpha value is -1.00. The maximum absolute atomic E-state index is 12.3. The first-order chi connectivity index (χ1) is 5.94. The maximum Gasteiger partial charge on any atom is 0.392 e. The highest BCUT2D eigenvalue weighted by atomic mass is 19.4. The highest BCUT2D eigenvalue weighted by molar-refractivity contribution is 5.26. The second-order valence-corrected chi connectivity index (χ2v) is 3.61. The monoisotopic (exact) mass is 189 g/mol. The average Bonchev–Trinajstić information content (AvgIpc) is 2.48. The van der Waals surface area contributed by atoms with Crippen LogP contribution in [0.1, 0.15) is 19.0 Å². The predicted octanol–water partition coefficient (Wildman–Crippen LogP) is 2.05. The van der Waals surface area contributed by atoms with Crippen LogP contribution in [0.5, 0.6) is 0 Å². The van der Waals surface area contributed by atoms with E-state index < -0.39 is 17.5 Å². The summed E-state index contributed by atoms with van der Waals surface area (Å²) in [5.41, 5.74) is -0.371. The summed E-state index contributed by atoms with van der Waals surface area (Å²) in [6.07, 6.45) is -1.42. The minimum Gasteiger partial charge on any atom is -0.276 e. The number of rotatable bonds is 1. The Balaban J connectivity index is 2.21. The second kappa shape index (κ2) is 2.27. The van der Waals surface area contributed by atoms with Crippen LogP contribution >= 0.6 is 0 Å².